The maximum Gasteiger partial charge on any atom is 0.137 e. The van der Waals surface area contributed by atoms with Crippen molar-refractivity contribution in [1.82, 2.24) is 0 Å². The van der Waals surface area contributed by atoms with Gasteiger partial charge in [0.15, 0.2) is 0 Å². The smallest absolute Gasteiger partial charge is 0.137 e. The summed E-state index contributed by atoms with van der Waals surface area (Å²) in [5, 5.41) is 0.653. The van der Waals surface area contributed by atoms with Gasteiger partial charge in [-0.15, -0.1) is 0 Å². The molecule has 0 spiro atoms. The van der Waals surface area contributed by atoms with Crippen LogP contribution in [0, 0.1) is 0 Å². The predicted molar refractivity (Wildman–Crippen MR) is 72.1 cm³/mol. The second-order valence-electron chi connectivity index (χ2n) is 2.93. The highest BCUT2D eigenvalue weighted by molar-refractivity contribution is 9.10. The molecule has 0 aromatic heterocycles. The molecule has 0 aliphatic carbocycles. The van der Waals surface area contributed by atoms with E-state index in [0.29, 0.717) is 5.02 Å². The molecule has 2 rings (SSSR count). The minimum atomic E-state index is 0.653. The zero-order valence-electron chi connectivity index (χ0n) is 8.86. The first-order valence-corrected chi connectivity index (χ1v) is 5.90. The van der Waals surface area contributed by atoms with Gasteiger partial charge in [-0.05, 0) is 24.3 Å². The third kappa shape index (κ3) is 4.69. The Hall–Kier alpha value is -0.990. The van der Waals surface area contributed by atoms with E-state index in [1.54, 1.807) is 13.2 Å². The Morgan fingerprint density at radius 3 is 1.88 bits per heavy atom. The van der Waals surface area contributed by atoms with Gasteiger partial charge < -0.3 is 4.74 Å². The van der Waals surface area contributed by atoms with Gasteiger partial charge in [0, 0.05) is 4.47 Å². The quantitative estimate of drug-likeness (QED) is 0.735. The number of ether oxygens (including phenoxy) is 1. The molecule has 0 saturated carbocycles. The molecule has 0 radical (unpaired) electrons. The first kappa shape index (κ1) is 13.1. The SMILES string of the molecule is Brc1ccccc1.COc1ccccc1Cl. The molecule has 0 amide bonds. The van der Waals surface area contributed by atoms with Gasteiger partial charge in [0.1, 0.15) is 5.75 Å². The van der Waals surface area contributed by atoms with Crippen molar-refractivity contribution in [3.63, 3.8) is 0 Å². The molecule has 0 N–H and O–H groups in total. The largest absolute Gasteiger partial charge is 0.495 e. The lowest BCUT2D eigenvalue weighted by molar-refractivity contribution is 0.415. The highest BCUT2D eigenvalue weighted by Crippen LogP contribution is 2.21. The fourth-order valence-electron chi connectivity index (χ4n) is 1.02. The first-order chi connectivity index (χ1) is 7.74. The molecule has 0 atom stereocenters. The fraction of sp³-hybridized carbons (Fsp3) is 0.0769. The van der Waals surface area contributed by atoms with Crippen LogP contribution in [0.15, 0.2) is 59.1 Å². The van der Waals surface area contributed by atoms with Crippen LogP contribution in [0.4, 0.5) is 0 Å². The van der Waals surface area contributed by atoms with Crippen LogP contribution < -0.4 is 4.74 Å². The number of halogens is 2. The van der Waals surface area contributed by atoms with E-state index in [4.69, 9.17) is 16.3 Å². The van der Waals surface area contributed by atoms with E-state index < -0.39 is 0 Å². The van der Waals surface area contributed by atoms with E-state index in [-0.39, 0.29) is 0 Å². The van der Waals surface area contributed by atoms with Gasteiger partial charge in [-0.3, -0.25) is 0 Å². The fourth-order valence-corrected chi connectivity index (χ4v) is 1.54. The van der Waals surface area contributed by atoms with E-state index in [1.165, 1.54) is 0 Å². The Morgan fingerprint density at radius 2 is 1.50 bits per heavy atom. The van der Waals surface area contributed by atoms with E-state index in [2.05, 4.69) is 15.9 Å². The van der Waals surface area contributed by atoms with Crippen molar-refractivity contribution in [1.29, 1.82) is 0 Å². The van der Waals surface area contributed by atoms with Gasteiger partial charge in [0.2, 0.25) is 0 Å². The number of benzene rings is 2. The molecule has 2 aromatic carbocycles. The number of para-hydroxylation sites is 1. The number of methoxy groups -OCH3 is 1. The van der Waals surface area contributed by atoms with Crippen molar-refractivity contribution < 1.29 is 4.74 Å². The summed E-state index contributed by atoms with van der Waals surface area (Å²) in [6, 6.07) is 17.3. The maximum absolute atomic E-state index is 5.70. The first-order valence-electron chi connectivity index (χ1n) is 4.73. The molecule has 0 heterocycles. The number of hydrogen-bond donors (Lipinski definition) is 0. The predicted octanol–water partition coefficient (Wildman–Crippen LogP) is 4.80. The van der Waals surface area contributed by atoms with Crippen LogP contribution in [-0.4, -0.2) is 7.11 Å². The Morgan fingerprint density at radius 1 is 0.938 bits per heavy atom. The summed E-state index contributed by atoms with van der Waals surface area (Å²) in [6.45, 7) is 0. The molecule has 84 valence electrons. The minimum Gasteiger partial charge on any atom is -0.495 e. The Kier molecular flexibility index (Phi) is 5.98. The van der Waals surface area contributed by atoms with Crippen LogP contribution in [-0.2, 0) is 0 Å². The van der Waals surface area contributed by atoms with Gasteiger partial charge in [0.05, 0.1) is 12.1 Å². The summed E-state index contributed by atoms with van der Waals surface area (Å²) < 4.78 is 6.05. The molecule has 0 unspecified atom stereocenters. The van der Waals surface area contributed by atoms with Crippen molar-refractivity contribution in [2.45, 2.75) is 0 Å². The summed E-state index contributed by atoms with van der Waals surface area (Å²) in [5.41, 5.74) is 0. The summed E-state index contributed by atoms with van der Waals surface area (Å²) in [7, 11) is 1.60. The van der Waals surface area contributed by atoms with Gasteiger partial charge in [-0.25, -0.2) is 0 Å². The monoisotopic (exact) mass is 298 g/mol. The molecule has 0 fully saturated rings. The molecular weight excluding hydrogens is 287 g/mol. The lowest BCUT2D eigenvalue weighted by Gasteiger charge is -1.98. The van der Waals surface area contributed by atoms with Crippen molar-refractivity contribution >= 4 is 27.5 Å². The van der Waals surface area contributed by atoms with Crippen LogP contribution in [0.5, 0.6) is 5.75 Å². The third-order valence-electron chi connectivity index (χ3n) is 1.79. The summed E-state index contributed by atoms with van der Waals surface area (Å²) in [6.07, 6.45) is 0. The molecule has 1 nitrogen and oxygen atoms in total. The topological polar surface area (TPSA) is 9.23 Å². The van der Waals surface area contributed by atoms with Gasteiger partial charge in [0.25, 0.3) is 0 Å². The van der Waals surface area contributed by atoms with Gasteiger partial charge >= 0.3 is 0 Å². The van der Waals surface area contributed by atoms with Crippen LogP contribution in [0.2, 0.25) is 5.02 Å². The highest BCUT2D eigenvalue weighted by atomic mass is 79.9. The molecular formula is C13H12BrClO. The van der Waals surface area contributed by atoms with E-state index >= 15 is 0 Å². The number of hydrogen-bond acceptors (Lipinski definition) is 1. The minimum absolute atomic E-state index is 0.653. The molecule has 0 saturated heterocycles. The molecule has 0 aliphatic rings. The molecule has 16 heavy (non-hydrogen) atoms. The molecule has 0 aliphatic heterocycles. The lowest BCUT2D eigenvalue weighted by atomic mass is 10.3. The maximum atomic E-state index is 5.70. The van der Waals surface area contributed by atoms with Crippen molar-refractivity contribution in [3.05, 3.63) is 64.1 Å². The standard InChI is InChI=1S/C7H7ClO.C6H5Br/c1-9-7-5-3-2-4-6(7)8;7-6-4-2-1-3-5-6/h2-5H,1H3;1-5H. The van der Waals surface area contributed by atoms with E-state index in [1.807, 2.05) is 48.5 Å². The Labute approximate surface area is 109 Å². The van der Waals surface area contributed by atoms with Crippen LogP contribution in [0.1, 0.15) is 0 Å². The lowest BCUT2D eigenvalue weighted by Crippen LogP contribution is -1.81. The second-order valence-corrected chi connectivity index (χ2v) is 4.25. The molecule has 2 aromatic rings. The van der Waals surface area contributed by atoms with E-state index in [0.717, 1.165) is 10.2 Å². The molecule has 3 heteroatoms. The summed E-state index contributed by atoms with van der Waals surface area (Å²) >= 11 is 9.01. The summed E-state index contributed by atoms with van der Waals surface area (Å²) in [5.74, 6) is 0.721. The average Bonchev–Trinajstić information content (AvgIpc) is 2.31. The van der Waals surface area contributed by atoms with Gasteiger partial charge in [-0.1, -0.05) is 57.9 Å². The van der Waals surface area contributed by atoms with Crippen molar-refractivity contribution in [2.24, 2.45) is 0 Å². The zero-order chi connectivity index (χ0) is 11.8. The Balaban J connectivity index is 0.000000165. The average molecular weight is 300 g/mol. The van der Waals surface area contributed by atoms with Gasteiger partial charge in [-0.2, -0.15) is 0 Å². The van der Waals surface area contributed by atoms with Crippen LogP contribution in [0.3, 0.4) is 0 Å². The number of rotatable bonds is 1. The van der Waals surface area contributed by atoms with E-state index in [9.17, 15) is 0 Å². The van der Waals surface area contributed by atoms with Crippen molar-refractivity contribution in [2.75, 3.05) is 7.11 Å². The third-order valence-corrected chi connectivity index (χ3v) is 2.63. The van der Waals surface area contributed by atoms with Crippen molar-refractivity contribution in [3.8, 4) is 5.75 Å². The van der Waals surface area contributed by atoms with Crippen LogP contribution >= 0.6 is 27.5 Å². The second kappa shape index (κ2) is 7.31. The molecule has 0 bridgehead atoms. The zero-order valence-corrected chi connectivity index (χ0v) is 11.2. The highest BCUT2D eigenvalue weighted by Gasteiger charge is 1.93. The Bertz CT molecular complexity index is 417. The van der Waals surface area contributed by atoms with Crippen LogP contribution in [0.25, 0.3) is 0 Å². The normalized spacial score (nSPS) is 8.94. The summed E-state index contributed by atoms with van der Waals surface area (Å²) in [4.78, 5) is 0.